The van der Waals surface area contributed by atoms with Crippen molar-refractivity contribution in [3.63, 3.8) is 0 Å². The number of anilines is 1. The standard InChI is InChI=1S/C19H14BrClN2O5/c1-9-5-11(3-4-13(9)20)23-18(26)12(17(25)22-19(23)27)6-10-7-14(21)16(24)15(8-10)28-2/h3-8,24H,1-2H3,(H,22,25,27)/b12-6+. The van der Waals surface area contributed by atoms with Crippen molar-refractivity contribution in [2.75, 3.05) is 12.0 Å². The van der Waals surface area contributed by atoms with Crippen LogP contribution in [-0.2, 0) is 9.59 Å². The zero-order valence-corrected chi connectivity index (χ0v) is 17.1. The monoisotopic (exact) mass is 464 g/mol. The van der Waals surface area contributed by atoms with E-state index in [2.05, 4.69) is 21.2 Å². The first-order valence-corrected chi connectivity index (χ1v) is 9.14. The van der Waals surface area contributed by atoms with Gasteiger partial charge in [-0.05, 0) is 54.5 Å². The number of urea groups is 1. The fourth-order valence-corrected chi connectivity index (χ4v) is 3.13. The minimum atomic E-state index is -0.838. The molecule has 0 saturated carbocycles. The second-order valence-corrected chi connectivity index (χ2v) is 7.21. The predicted molar refractivity (Wildman–Crippen MR) is 108 cm³/mol. The van der Waals surface area contributed by atoms with E-state index in [1.807, 2.05) is 6.92 Å². The van der Waals surface area contributed by atoms with Gasteiger partial charge in [-0.25, -0.2) is 9.69 Å². The highest BCUT2D eigenvalue weighted by Gasteiger charge is 2.37. The van der Waals surface area contributed by atoms with Crippen LogP contribution in [0.3, 0.4) is 0 Å². The summed E-state index contributed by atoms with van der Waals surface area (Å²) in [6, 6.07) is 6.89. The topological polar surface area (TPSA) is 95.9 Å². The highest BCUT2D eigenvalue weighted by Crippen LogP contribution is 2.36. The molecule has 3 rings (SSSR count). The normalized spacial score (nSPS) is 15.8. The molecule has 0 aromatic heterocycles. The van der Waals surface area contributed by atoms with Crippen LogP contribution in [0.5, 0.6) is 11.5 Å². The fraction of sp³-hybridized carbons (Fsp3) is 0.105. The second-order valence-electron chi connectivity index (χ2n) is 5.94. The van der Waals surface area contributed by atoms with Crippen LogP contribution in [0.1, 0.15) is 11.1 Å². The molecule has 1 aliphatic heterocycles. The first kappa shape index (κ1) is 19.9. The summed E-state index contributed by atoms with van der Waals surface area (Å²) in [4.78, 5) is 38.3. The number of imide groups is 2. The van der Waals surface area contributed by atoms with Gasteiger partial charge >= 0.3 is 6.03 Å². The van der Waals surface area contributed by atoms with Crippen molar-refractivity contribution >= 4 is 57.1 Å². The number of carbonyl (C=O) groups is 3. The van der Waals surface area contributed by atoms with E-state index in [1.54, 1.807) is 18.2 Å². The fourth-order valence-electron chi connectivity index (χ4n) is 2.66. The molecule has 2 aromatic carbocycles. The number of nitrogens with one attached hydrogen (secondary N) is 1. The van der Waals surface area contributed by atoms with Crippen molar-refractivity contribution in [3.8, 4) is 11.5 Å². The van der Waals surface area contributed by atoms with E-state index >= 15 is 0 Å². The molecule has 2 N–H and O–H groups in total. The maximum Gasteiger partial charge on any atom is 0.335 e. The van der Waals surface area contributed by atoms with Gasteiger partial charge in [0.25, 0.3) is 11.8 Å². The minimum absolute atomic E-state index is 0.00802. The molecule has 2 aromatic rings. The number of ether oxygens (including phenoxy) is 1. The van der Waals surface area contributed by atoms with Crippen molar-refractivity contribution in [1.29, 1.82) is 0 Å². The van der Waals surface area contributed by atoms with Gasteiger partial charge in [0.1, 0.15) is 5.57 Å². The third-order valence-electron chi connectivity index (χ3n) is 4.08. The van der Waals surface area contributed by atoms with E-state index in [-0.39, 0.29) is 22.1 Å². The Balaban J connectivity index is 2.06. The van der Waals surface area contributed by atoms with Crippen molar-refractivity contribution in [1.82, 2.24) is 5.32 Å². The van der Waals surface area contributed by atoms with E-state index in [9.17, 15) is 19.5 Å². The van der Waals surface area contributed by atoms with E-state index in [0.717, 1.165) is 14.9 Å². The molecule has 4 amide bonds. The number of barbiturate groups is 1. The molecule has 1 saturated heterocycles. The van der Waals surface area contributed by atoms with E-state index in [0.29, 0.717) is 11.3 Å². The van der Waals surface area contributed by atoms with Crippen LogP contribution in [0.25, 0.3) is 6.08 Å². The van der Waals surface area contributed by atoms with Crippen molar-refractivity contribution in [3.05, 3.63) is 56.5 Å². The van der Waals surface area contributed by atoms with Gasteiger partial charge in [-0.3, -0.25) is 14.9 Å². The van der Waals surface area contributed by atoms with Crippen molar-refractivity contribution in [2.45, 2.75) is 6.92 Å². The van der Waals surface area contributed by atoms with Crippen LogP contribution in [0.15, 0.2) is 40.4 Å². The molecule has 1 fully saturated rings. The summed E-state index contributed by atoms with van der Waals surface area (Å²) in [5.74, 6) is -1.78. The number of carbonyl (C=O) groups excluding carboxylic acids is 3. The molecule has 1 aliphatic rings. The van der Waals surface area contributed by atoms with Crippen LogP contribution in [-0.4, -0.2) is 30.1 Å². The molecule has 0 aliphatic carbocycles. The second kappa shape index (κ2) is 7.65. The number of aromatic hydroxyl groups is 1. The Morgan fingerprint density at radius 2 is 1.93 bits per heavy atom. The summed E-state index contributed by atoms with van der Waals surface area (Å²) in [7, 11) is 1.34. The minimum Gasteiger partial charge on any atom is -0.503 e. The van der Waals surface area contributed by atoms with Gasteiger partial charge in [0, 0.05) is 4.47 Å². The Morgan fingerprint density at radius 3 is 2.57 bits per heavy atom. The number of hydrogen-bond donors (Lipinski definition) is 2. The van der Waals surface area contributed by atoms with Gasteiger partial charge in [0.2, 0.25) is 0 Å². The van der Waals surface area contributed by atoms with Crippen molar-refractivity contribution < 1.29 is 24.2 Å². The predicted octanol–water partition coefficient (Wildman–Crippen LogP) is 3.79. The largest absolute Gasteiger partial charge is 0.503 e. The number of benzene rings is 2. The Hall–Kier alpha value is -2.84. The number of nitrogens with zero attached hydrogens (tertiary/aromatic N) is 1. The number of rotatable bonds is 3. The quantitative estimate of drug-likeness (QED) is 0.531. The molecule has 0 atom stereocenters. The Bertz CT molecular complexity index is 1050. The molecule has 0 spiro atoms. The highest BCUT2D eigenvalue weighted by atomic mass is 79.9. The zero-order valence-electron chi connectivity index (χ0n) is 14.7. The molecule has 28 heavy (non-hydrogen) atoms. The van der Waals surface area contributed by atoms with Crippen LogP contribution in [0.2, 0.25) is 5.02 Å². The van der Waals surface area contributed by atoms with Crippen LogP contribution >= 0.6 is 27.5 Å². The number of phenolic OH excluding ortho intramolecular Hbond substituents is 1. The Labute approximate surface area is 173 Å². The van der Waals surface area contributed by atoms with Gasteiger partial charge in [0.15, 0.2) is 11.5 Å². The number of aryl methyl sites for hydroxylation is 1. The average Bonchev–Trinajstić information content (AvgIpc) is 2.64. The van der Waals surface area contributed by atoms with Crippen LogP contribution < -0.4 is 15.0 Å². The summed E-state index contributed by atoms with van der Waals surface area (Å²) in [6.45, 7) is 1.81. The summed E-state index contributed by atoms with van der Waals surface area (Å²) in [6.07, 6.45) is 1.27. The van der Waals surface area contributed by atoms with Gasteiger partial charge in [-0.2, -0.15) is 0 Å². The lowest BCUT2D eigenvalue weighted by Gasteiger charge is -2.26. The van der Waals surface area contributed by atoms with E-state index < -0.39 is 17.8 Å². The molecular weight excluding hydrogens is 452 g/mol. The maximum absolute atomic E-state index is 12.9. The molecule has 0 radical (unpaired) electrons. The lowest BCUT2D eigenvalue weighted by atomic mass is 10.1. The summed E-state index contributed by atoms with van der Waals surface area (Å²) < 4.78 is 5.84. The summed E-state index contributed by atoms with van der Waals surface area (Å²) >= 11 is 9.32. The lowest BCUT2D eigenvalue weighted by Crippen LogP contribution is -2.54. The molecule has 144 valence electrons. The first-order chi connectivity index (χ1) is 13.2. The van der Waals surface area contributed by atoms with Gasteiger partial charge < -0.3 is 9.84 Å². The number of halogens is 2. The molecule has 0 unspecified atom stereocenters. The third kappa shape index (κ3) is 3.61. The molecular formula is C19H14BrClN2O5. The van der Waals surface area contributed by atoms with Crippen LogP contribution in [0, 0.1) is 6.92 Å². The number of methoxy groups -OCH3 is 1. The Morgan fingerprint density at radius 1 is 1.21 bits per heavy atom. The SMILES string of the molecule is COc1cc(/C=C2\C(=O)NC(=O)N(c3ccc(Br)c(C)c3)C2=O)cc(Cl)c1O. The first-order valence-electron chi connectivity index (χ1n) is 7.97. The maximum atomic E-state index is 12.9. The molecule has 7 nitrogen and oxygen atoms in total. The summed E-state index contributed by atoms with van der Waals surface area (Å²) in [5.41, 5.74) is 1.22. The van der Waals surface area contributed by atoms with E-state index in [1.165, 1.54) is 25.3 Å². The Kier molecular flexibility index (Phi) is 5.44. The number of amides is 4. The smallest absolute Gasteiger partial charge is 0.335 e. The molecule has 1 heterocycles. The summed E-state index contributed by atoms with van der Waals surface area (Å²) in [5, 5.41) is 12.0. The third-order valence-corrected chi connectivity index (χ3v) is 5.26. The van der Waals surface area contributed by atoms with Gasteiger partial charge in [-0.15, -0.1) is 0 Å². The highest BCUT2D eigenvalue weighted by molar-refractivity contribution is 9.10. The zero-order chi connectivity index (χ0) is 20.6. The molecule has 9 heteroatoms. The average molecular weight is 466 g/mol. The van der Waals surface area contributed by atoms with E-state index in [4.69, 9.17) is 16.3 Å². The number of phenols is 1. The van der Waals surface area contributed by atoms with Crippen LogP contribution in [0.4, 0.5) is 10.5 Å². The van der Waals surface area contributed by atoms with Gasteiger partial charge in [-0.1, -0.05) is 27.5 Å². The van der Waals surface area contributed by atoms with Gasteiger partial charge in [0.05, 0.1) is 17.8 Å². The number of hydrogen-bond acceptors (Lipinski definition) is 5. The lowest BCUT2D eigenvalue weighted by molar-refractivity contribution is -0.122. The molecule has 0 bridgehead atoms. The van der Waals surface area contributed by atoms with Crippen molar-refractivity contribution in [2.24, 2.45) is 0 Å².